The summed E-state index contributed by atoms with van der Waals surface area (Å²) in [5.74, 6) is 0.771. The molecular formula is C16H19N3O2S. The van der Waals surface area contributed by atoms with E-state index in [4.69, 9.17) is 4.74 Å². The Morgan fingerprint density at radius 1 is 1.23 bits per heavy atom. The standard InChI is InChI=1S/C16H19N3O2S/c1-13(21-14-5-3-2-4-6-14)15(20)18-8-10-19(11-9-18)16-17-7-12-22-16/h2-7,12-13H,8-11H2,1H3. The highest BCUT2D eigenvalue weighted by Crippen LogP contribution is 2.19. The minimum atomic E-state index is -0.464. The first-order valence-electron chi connectivity index (χ1n) is 7.39. The Morgan fingerprint density at radius 2 is 1.95 bits per heavy atom. The van der Waals surface area contributed by atoms with Gasteiger partial charge in [-0.05, 0) is 19.1 Å². The van der Waals surface area contributed by atoms with E-state index in [1.54, 1.807) is 11.3 Å². The summed E-state index contributed by atoms with van der Waals surface area (Å²) < 4.78 is 5.71. The van der Waals surface area contributed by atoms with Gasteiger partial charge in [0, 0.05) is 37.8 Å². The van der Waals surface area contributed by atoms with Crippen molar-refractivity contribution >= 4 is 22.4 Å². The predicted octanol–water partition coefficient (Wildman–Crippen LogP) is 2.26. The molecule has 2 heterocycles. The molecule has 5 nitrogen and oxygen atoms in total. The number of carbonyl (C=O) groups excluding carboxylic acids is 1. The first-order chi connectivity index (χ1) is 10.7. The van der Waals surface area contributed by atoms with Gasteiger partial charge in [0.05, 0.1) is 0 Å². The predicted molar refractivity (Wildman–Crippen MR) is 87.4 cm³/mol. The van der Waals surface area contributed by atoms with E-state index in [9.17, 15) is 4.79 Å². The number of hydrogen-bond acceptors (Lipinski definition) is 5. The van der Waals surface area contributed by atoms with Gasteiger partial charge in [-0.2, -0.15) is 0 Å². The molecular weight excluding hydrogens is 298 g/mol. The summed E-state index contributed by atoms with van der Waals surface area (Å²) in [6.07, 6.45) is 1.35. The summed E-state index contributed by atoms with van der Waals surface area (Å²) in [6, 6.07) is 9.46. The number of carbonyl (C=O) groups is 1. The van der Waals surface area contributed by atoms with Crippen LogP contribution >= 0.6 is 11.3 Å². The van der Waals surface area contributed by atoms with Crippen LogP contribution in [0.5, 0.6) is 5.75 Å². The summed E-state index contributed by atoms with van der Waals surface area (Å²) in [5.41, 5.74) is 0. The van der Waals surface area contributed by atoms with Gasteiger partial charge >= 0.3 is 0 Å². The Balaban J connectivity index is 1.53. The lowest BCUT2D eigenvalue weighted by Crippen LogP contribution is -2.52. The molecule has 0 saturated carbocycles. The van der Waals surface area contributed by atoms with Gasteiger partial charge in [0.2, 0.25) is 0 Å². The molecule has 1 aliphatic rings. The zero-order valence-corrected chi connectivity index (χ0v) is 13.3. The average molecular weight is 317 g/mol. The topological polar surface area (TPSA) is 45.7 Å². The number of hydrogen-bond donors (Lipinski definition) is 0. The number of nitrogens with zero attached hydrogens (tertiary/aromatic N) is 3. The molecule has 0 aliphatic carbocycles. The fourth-order valence-corrected chi connectivity index (χ4v) is 3.20. The lowest BCUT2D eigenvalue weighted by atomic mass is 10.2. The molecule has 0 N–H and O–H groups in total. The Morgan fingerprint density at radius 3 is 2.59 bits per heavy atom. The number of ether oxygens (including phenoxy) is 1. The number of rotatable bonds is 4. The maximum absolute atomic E-state index is 12.5. The second-order valence-electron chi connectivity index (χ2n) is 5.20. The third-order valence-electron chi connectivity index (χ3n) is 3.68. The maximum atomic E-state index is 12.5. The number of aromatic nitrogens is 1. The Bertz CT molecular complexity index is 595. The van der Waals surface area contributed by atoms with Crippen molar-refractivity contribution < 1.29 is 9.53 Å². The first kappa shape index (κ1) is 14.8. The monoisotopic (exact) mass is 317 g/mol. The van der Waals surface area contributed by atoms with Gasteiger partial charge in [-0.3, -0.25) is 4.79 Å². The highest BCUT2D eigenvalue weighted by Gasteiger charge is 2.26. The van der Waals surface area contributed by atoms with Gasteiger partial charge in [0.25, 0.3) is 5.91 Å². The van der Waals surface area contributed by atoms with Crippen LogP contribution in [0.3, 0.4) is 0 Å². The summed E-state index contributed by atoms with van der Waals surface area (Å²) in [6.45, 7) is 4.86. The molecule has 1 aromatic heterocycles. The first-order valence-corrected chi connectivity index (χ1v) is 8.27. The minimum Gasteiger partial charge on any atom is -0.481 e. The quantitative estimate of drug-likeness (QED) is 0.868. The summed E-state index contributed by atoms with van der Waals surface area (Å²) >= 11 is 1.63. The van der Waals surface area contributed by atoms with Gasteiger partial charge in [0.15, 0.2) is 11.2 Å². The molecule has 1 unspecified atom stereocenters. The molecule has 1 amide bonds. The van der Waals surface area contributed by atoms with Gasteiger partial charge in [-0.15, -0.1) is 11.3 Å². The molecule has 22 heavy (non-hydrogen) atoms. The van der Waals surface area contributed by atoms with Crippen molar-refractivity contribution in [3.05, 3.63) is 41.9 Å². The van der Waals surface area contributed by atoms with Gasteiger partial charge < -0.3 is 14.5 Å². The number of piperazine rings is 1. The summed E-state index contributed by atoms with van der Waals surface area (Å²) in [5, 5.41) is 3.00. The van der Waals surface area contributed by atoms with E-state index in [2.05, 4.69) is 9.88 Å². The van der Waals surface area contributed by atoms with Crippen LogP contribution < -0.4 is 9.64 Å². The van der Waals surface area contributed by atoms with Crippen LogP contribution in [0.1, 0.15) is 6.92 Å². The van der Waals surface area contributed by atoms with Crippen LogP contribution in [0.15, 0.2) is 41.9 Å². The van der Waals surface area contributed by atoms with Crippen molar-refractivity contribution in [3.8, 4) is 5.75 Å². The van der Waals surface area contributed by atoms with Gasteiger partial charge in [-0.1, -0.05) is 18.2 Å². The second-order valence-corrected chi connectivity index (χ2v) is 6.07. The van der Waals surface area contributed by atoms with E-state index < -0.39 is 6.10 Å². The van der Waals surface area contributed by atoms with Crippen LogP contribution in [-0.4, -0.2) is 48.1 Å². The lowest BCUT2D eigenvalue weighted by molar-refractivity contribution is -0.138. The van der Waals surface area contributed by atoms with E-state index in [0.717, 1.165) is 24.0 Å². The van der Waals surface area contributed by atoms with E-state index >= 15 is 0 Å². The molecule has 1 aromatic carbocycles. The van der Waals surface area contributed by atoms with Crippen molar-refractivity contribution in [3.63, 3.8) is 0 Å². The third kappa shape index (κ3) is 3.39. The highest BCUT2D eigenvalue weighted by atomic mass is 32.1. The van der Waals surface area contributed by atoms with Crippen molar-refractivity contribution in [2.45, 2.75) is 13.0 Å². The van der Waals surface area contributed by atoms with E-state index in [1.165, 1.54) is 0 Å². The summed E-state index contributed by atoms with van der Waals surface area (Å²) in [7, 11) is 0. The van der Waals surface area contributed by atoms with Crippen molar-refractivity contribution in [1.82, 2.24) is 9.88 Å². The molecule has 6 heteroatoms. The zero-order chi connectivity index (χ0) is 15.4. The zero-order valence-electron chi connectivity index (χ0n) is 12.5. The van der Waals surface area contributed by atoms with Crippen LogP contribution in [0.25, 0.3) is 0 Å². The van der Waals surface area contributed by atoms with E-state index in [-0.39, 0.29) is 5.91 Å². The SMILES string of the molecule is CC(Oc1ccccc1)C(=O)N1CCN(c2nccs2)CC1. The normalized spacial score (nSPS) is 16.4. The Labute approximate surface area is 134 Å². The second kappa shape index (κ2) is 6.79. The fourth-order valence-electron chi connectivity index (χ4n) is 2.50. The minimum absolute atomic E-state index is 0.0441. The molecule has 3 rings (SSSR count). The van der Waals surface area contributed by atoms with Gasteiger partial charge in [0.1, 0.15) is 5.75 Å². The lowest BCUT2D eigenvalue weighted by Gasteiger charge is -2.35. The van der Waals surface area contributed by atoms with E-state index in [0.29, 0.717) is 13.1 Å². The van der Waals surface area contributed by atoms with Crippen LogP contribution in [0.4, 0.5) is 5.13 Å². The highest BCUT2D eigenvalue weighted by molar-refractivity contribution is 7.13. The van der Waals surface area contributed by atoms with E-state index in [1.807, 2.05) is 53.7 Å². The van der Waals surface area contributed by atoms with Crippen LogP contribution in [-0.2, 0) is 4.79 Å². The smallest absolute Gasteiger partial charge is 0.263 e. The van der Waals surface area contributed by atoms with Crippen molar-refractivity contribution in [2.24, 2.45) is 0 Å². The number of para-hydroxylation sites is 1. The molecule has 116 valence electrons. The third-order valence-corrected chi connectivity index (χ3v) is 4.52. The molecule has 2 aromatic rings. The van der Waals surface area contributed by atoms with Crippen molar-refractivity contribution in [1.29, 1.82) is 0 Å². The number of amides is 1. The number of benzene rings is 1. The number of anilines is 1. The van der Waals surface area contributed by atoms with Gasteiger partial charge in [-0.25, -0.2) is 4.98 Å². The van der Waals surface area contributed by atoms with Crippen LogP contribution in [0, 0.1) is 0 Å². The summed E-state index contributed by atoms with van der Waals surface area (Å²) in [4.78, 5) is 20.9. The Hall–Kier alpha value is -2.08. The molecule has 1 fully saturated rings. The van der Waals surface area contributed by atoms with Crippen molar-refractivity contribution in [2.75, 3.05) is 31.1 Å². The number of thiazole rings is 1. The molecule has 0 bridgehead atoms. The fraction of sp³-hybridized carbons (Fsp3) is 0.375. The molecule has 0 radical (unpaired) electrons. The maximum Gasteiger partial charge on any atom is 0.263 e. The molecule has 1 saturated heterocycles. The molecule has 1 atom stereocenters. The molecule has 1 aliphatic heterocycles. The molecule has 0 spiro atoms. The largest absolute Gasteiger partial charge is 0.481 e. The Kier molecular flexibility index (Phi) is 4.58. The average Bonchev–Trinajstić information content (AvgIpc) is 3.10. The van der Waals surface area contributed by atoms with Crippen LogP contribution in [0.2, 0.25) is 0 Å².